The van der Waals surface area contributed by atoms with Gasteiger partial charge in [0.05, 0.1) is 0 Å². The molecular weight excluding hydrogens is 417 g/mol. The van der Waals surface area contributed by atoms with Gasteiger partial charge in [0.2, 0.25) is 0 Å². The fourth-order valence-corrected chi connectivity index (χ4v) is 2.84. The highest BCUT2D eigenvalue weighted by atomic mass is 19.4. The van der Waals surface area contributed by atoms with Gasteiger partial charge >= 0.3 is 12.4 Å². The molecule has 0 spiro atoms. The average Bonchev–Trinajstić information content (AvgIpc) is 2.62. The molecule has 2 rings (SSSR count). The molecule has 3 nitrogen and oxygen atoms in total. The molecule has 0 radical (unpaired) electrons. The number of hydrogen-bond acceptors (Lipinski definition) is 2. The Balaban J connectivity index is 2.61. The lowest BCUT2D eigenvalue weighted by Crippen LogP contribution is -2.27. The smallest absolute Gasteiger partial charge is 0.420 e. The Hall–Kier alpha value is -2.78. The van der Waals surface area contributed by atoms with Crippen LogP contribution in [0.3, 0.4) is 0 Å². The number of nitrogens with one attached hydrogen (secondary N) is 1. The molecule has 0 aliphatic carbocycles. The van der Waals surface area contributed by atoms with Crippen LogP contribution in [0.25, 0.3) is 0 Å². The van der Waals surface area contributed by atoms with E-state index in [1.165, 1.54) is 19.1 Å². The minimum Gasteiger partial charge on any atom is -0.456 e. The molecule has 0 unspecified atom stereocenters. The van der Waals surface area contributed by atoms with Crippen LogP contribution in [0.1, 0.15) is 34.7 Å². The highest BCUT2D eigenvalue weighted by molar-refractivity contribution is 5.98. The van der Waals surface area contributed by atoms with Crippen molar-refractivity contribution in [3.63, 3.8) is 0 Å². The van der Waals surface area contributed by atoms with Crippen molar-refractivity contribution in [2.75, 3.05) is 13.6 Å². The Labute approximate surface area is 168 Å². The molecule has 1 N–H and O–H groups in total. The number of alkyl halides is 6. The first-order valence-electron chi connectivity index (χ1n) is 8.74. The third-order valence-electron chi connectivity index (χ3n) is 4.54. The van der Waals surface area contributed by atoms with E-state index in [-0.39, 0.29) is 17.7 Å². The van der Waals surface area contributed by atoms with Crippen LogP contribution in [0.2, 0.25) is 0 Å². The molecule has 0 bridgehead atoms. The Morgan fingerprint density at radius 3 is 2.00 bits per heavy atom. The standard InChI is InChI=1S/C20H19F7N2O/c1-5-29(4)18(28)12-8-11(3)15(9-10(12)2)30-14-7-6-13(21)16(19(22,23)24)17(14)20(25,26)27/h6-9,28H,5H2,1-4H3. The summed E-state index contributed by atoms with van der Waals surface area (Å²) in [6.45, 7) is 5.45. The minimum atomic E-state index is -5.57. The predicted octanol–water partition coefficient (Wildman–Crippen LogP) is 6.55. The number of benzene rings is 2. The van der Waals surface area contributed by atoms with Crippen molar-refractivity contribution >= 4 is 5.84 Å². The highest BCUT2D eigenvalue weighted by Crippen LogP contribution is 2.47. The Bertz CT molecular complexity index is 965. The Morgan fingerprint density at radius 2 is 1.50 bits per heavy atom. The lowest BCUT2D eigenvalue weighted by atomic mass is 10.0. The second kappa shape index (κ2) is 8.16. The van der Waals surface area contributed by atoms with Crippen molar-refractivity contribution in [3.05, 3.63) is 57.9 Å². The van der Waals surface area contributed by atoms with E-state index in [4.69, 9.17) is 10.1 Å². The maximum atomic E-state index is 13.7. The van der Waals surface area contributed by atoms with Crippen molar-refractivity contribution < 1.29 is 35.5 Å². The van der Waals surface area contributed by atoms with Gasteiger partial charge in [-0.05, 0) is 56.2 Å². The molecule has 0 aromatic heterocycles. The van der Waals surface area contributed by atoms with Crippen molar-refractivity contribution in [1.82, 2.24) is 4.90 Å². The van der Waals surface area contributed by atoms with E-state index in [9.17, 15) is 30.7 Å². The van der Waals surface area contributed by atoms with E-state index < -0.39 is 35.0 Å². The van der Waals surface area contributed by atoms with Gasteiger partial charge in [-0.15, -0.1) is 0 Å². The second-order valence-corrected chi connectivity index (χ2v) is 6.69. The Morgan fingerprint density at radius 1 is 0.933 bits per heavy atom. The topological polar surface area (TPSA) is 36.3 Å². The molecule has 0 saturated carbocycles. The van der Waals surface area contributed by atoms with Gasteiger partial charge in [0.25, 0.3) is 0 Å². The lowest BCUT2D eigenvalue weighted by Gasteiger charge is -2.22. The molecule has 10 heteroatoms. The first kappa shape index (κ1) is 23.5. The lowest BCUT2D eigenvalue weighted by molar-refractivity contribution is -0.164. The summed E-state index contributed by atoms with van der Waals surface area (Å²) in [5.41, 5.74) is -3.38. The summed E-state index contributed by atoms with van der Waals surface area (Å²) in [6, 6.07) is 3.64. The number of hydrogen-bond donors (Lipinski definition) is 1. The molecule has 30 heavy (non-hydrogen) atoms. The molecule has 2 aromatic rings. The summed E-state index contributed by atoms with van der Waals surface area (Å²) in [6.07, 6.45) is -11.1. The van der Waals surface area contributed by atoms with E-state index in [0.29, 0.717) is 29.3 Å². The summed E-state index contributed by atoms with van der Waals surface area (Å²) >= 11 is 0. The third kappa shape index (κ3) is 4.68. The molecule has 0 atom stereocenters. The van der Waals surface area contributed by atoms with Crippen LogP contribution in [0, 0.1) is 25.1 Å². The molecule has 0 amide bonds. The minimum absolute atomic E-state index is 0.131. The van der Waals surface area contributed by atoms with E-state index in [1.54, 1.807) is 18.9 Å². The normalized spacial score (nSPS) is 12.1. The zero-order valence-corrected chi connectivity index (χ0v) is 16.5. The largest absolute Gasteiger partial charge is 0.456 e. The van der Waals surface area contributed by atoms with Crippen molar-refractivity contribution in [2.24, 2.45) is 0 Å². The number of aryl methyl sites for hydroxylation is 2. The summed E-state index contributed by atoms with van der Waals surface area (Å²) < 4.78 is 98.5. The average molecular weight is 436 g/mol. The maximum absolute atomic E-state index is 13.7. The molecule has 0 aliphatic heterocycles. The van der Waals surface area contributed by atoms with Crippen LogP contribution in [0.15, 0.2) is 24.3 Å². The predicted molar refractivity (Wildman–Crippen MR) is 97.5 cm³/mol. The third-order valence-corrected chi connectivity index (χ3v) is 4.54. The van der Waals surface area contributed by atoms with Gasteiger partial charge in [0, 0.05) is 19.2 Å². The van der Waals surface area contributed by atoms with E-state index >= 15 is 0 Å². The molecular formula is C20H19F7N2O. The van der Waals surface area contributed by atoms with Gasteiger partial charge in [0.15, 0.2) is 0 Å². The maximum Gasteiger partial charge on any atom is 0.420 e. The molecule has 2 aromatic carbocycles. The molecule has 0 aliphatic rings. The summed E-state index contributed by atoms with van der Waals surface area (Å²) in [7, 11) is 1.69. The van der Waals surface area contributed by atoms with Crippen LogP contribution in [0.5, 0.6) is 11.5 Å². The number of halogens is 7. The van der Waals surface area contributed by atoms with Crippen molar-refractivity contribution in [3.8, 4) is 11.5 Å². The monoisotopic (exact) mass is 436 g/mol. The number of rotatable bonds is 4. The highest BCUT2D eigenvalue weighted by Gasteiger charge is 2.48. The van der Waals surface area contributed by atoms with Crippen LogP contribution in [0.4, 0.5) is 30.7 Å². The van der Waals surface area contributed by atoms with Gasteiger partial charge in [-0.25, -0.2) is 4.39 Å². The first-order valence-corrected chi connectivity index (χ1v) is 8.74. The van der Waals surface area contributed by atoms with Crippen LogP contribution < -0.4 is 4.74 Å². The van der Waals surface area contributed by atoms with Gasteiger partial charge in [0.1, 0.15) is 34.3 Å². The van der Waals surface area contributed by atoms with Crippen molar-refractivity contribution in [1.29, 1.82) is 5.41 Å². The fraction of sp³-hybridized carbons (Fsp3) is 0.350. The van der Waals surface area contributed by atoms with Crippen LogP contribution in [-0.4, -0.2) is 24.3 Å². The molecule has 0 saturated heterocycles. The van der Waals surface area contributed by atoms with E-state index in [0.717, 1.165) is 0 Å². The summed E-state index contributed by atoms with van der Waals surface area (Å²) in [5.74, 6) is -3.16. The molecule has 0 heterocycles. The first-order chi connectivity index (χ1) is 13.7. The second-order valence-electron chi connectivity index (χ2n) is 6.69. The number of ether oxygens (including phenoxy) is 1. The summed E-state index contributed by atoms with van der Waals surface area (Å²) in [4.78, 5) is 1.64. The summed E-state index contributed by atoms with van der Waals surface area (Å²) in [5, 5.41) is 8.17. The van der Waals surface area contributed by atoms with Gasteiger partial charge in [-0.1, -0.05) is 0 Å². The number of amidine groups is 1. The van der Waals surface area contributed by atoms with E-state index in [1.807, 2.05) is 6.92 Å². The quantitative estimate of drug-likeness (QED) is 0.335. The van der Waals surface area contributed by atoms with Crippen LogP contribution in [-0.2, 0) is 12.4 Å². The zero-order chi connectivity index (χ0) is 23.0. The molecule has 164 valence electrons. The Kier molecular flexibility index (Phi) is 6.39. The van der Waals surface area contributed by atoms with Crippen LogP contribution >= 0.6 is 0 Å². The van der Waals surface area contributed by atoms with Gasteiger partial charge in [-0.2, -0.15) is 26.3 Å². The van der Waals surface area contributed by atoms with Gasteiger partial charge in [-0.3, -0.25) is 5.41 Å². The van der Waals surface area contributed by atoms with Gasteiger partial charge < -0.3 is 9.64 Å². The fourth-order valence-electron chi connectivity index (χ4n) is 2.84. The number of nitrogens with zero attached hydrogens (tertiary/aromatic N) is 1. The van der Waals surface area contributed by atoms with E-state index in [2.05, 4.69) is 0 Å². The zero-order valence-electron chi connectivity index (χ0n) is 16.5. The molecule has 0 fully saturated rings. The van der Waals surface area contributed by atoms with Crippen molar-refractivity contribution in [2.45, 2.75) is 33.1 Å². The SMILES string of the molecule is CCN(C)C(=N)c1cc(C)c(Oc2ccc(F)c(C(F)(F)F)c2C(F)(F)F)cc1C.